The zero-order valence-corrected chi connectivity index (χ0v) is 11.8. The lowest BCUT2D eigenvalue weighted by atomic mass is 10.1. The summed E-state index contributed by atoms with van der Waals surface area (Å²) in [6, 6.07) is 4.67. The molecule has 2 rings (SSSR count). The molecule has 1 saturated carbocycles. The van der Waals surface area contributed by atoms with Crippen LogP contribution in [0.5, 0.6) is 5.75 Å². The molecule has 1 aromatic rings. The van der Waals surface area contributed by atoms with Crippen molar-refractivity contribution in [2.75, 3.05) is 20.2 Å². The maximum Gasteiger partial charge on any atom is 0.126 e. The van der Waals surface area contributed by atoms with E-state index in [0.29, 0.717) is 0 Å². The number of nitrogens with one attached hydrogen (secondary N) is 2. The zero-order chi connectivity index (χ0) is 13.0. The van der Waals surface area contributed by atoms with Crippen LogP contribution in [0.3, 0.4) is 0 Å². The molecule has 3 nitrogen and oxygen atoms in total. The molecule has 0 aliphatic heterocycles. The van der Waals surface area contributed by atoms with Gasteiger partial charge in [-0.25, -0.2) is 0 Å². The first-order valence-corrected chi connectivity index (χ1v) is 6.85. The van der Waals surface area contributed by atoms with Crippen LogP contribution in [-0.4, -0.2) is 26.2 Å². The second-order valence-electron chi connectivity index (χ2n) is 4.82. The molecule has 0 bridgehead atoms. The quantitative estimate of drug-likeness (QED) is 0.746. The Bertz CT molecular complexity index is 405. The highest BCUT2D eigenvalue weighted by atomic mass is 35.5. The second-order valence-corrected chi connectivity index (χ2v) is 5.26. The number of aryl methyl sites for hydroxylation is 1. The average Bonchev–Trinajstić information content (AvgIpc) is 3.12. The van der Waals surface area contributed by atoms with E-state index < -0.39 is 0 Å². The summed E-state index contributed by atoms with van der Waals surface area (Å²) < 4.78 is 5.42. The summed E-state index contributed by atoms with van der Waals surface area (Å²) in [5.41, 5.74) is 2.20. The van der Waals surface area contributed by atoms with Crippen LogP contribution in [0.4, 0.5) is 0 Å². The van der Waals surface area contributed by atoms with E-state index in [0.717, 1.165) is 47.6 Å². The third-order valence-electron chi connectivity index (χ3n) is 3.15. The second kappa shape index (κ2) is 6.41. The van der Waals surface area contributed by atoms with E-state index in [1.54, 1.807) is 7.11 Å². The molecular formula is C14H21ClN2O. The molecule has 0 spiro atoms. The predicted molar refractivity (Wildman–Crippen MR) is 75.5 cm³/mol. The Kier molecular flexibility index (Phi) is 4.87. The van der Waals surface area contributed by atoms with Crippen molar-refractivity contribution in [3.63, 3.8) is 0 Å². The van der Waals surface area contributed by atoms with Crippen molar-refractivity contribution in [1.82, 2.24) is 10.6 Å². The molecule has 18 heavy (non-hydrogen) atoms. The van der Waals surface area contributed by atoms with Gasteiger partial charge in [-0.05, 0) is 37.5 Å². The Hall–Kier alpha value is -0.770. The third-order valence-corrected chi connectivity index (χ3v) is 3.37. The van der Waals surface area contributed by atoms with Gasteiger partial charge >= 0.3 is 0 Å². The molecule has 0 radical (unpaired) electrons. The van der Waals surface area contributed by atoms with Crippen molar-refractivity contribution in [1.29, 1.82) is 0 Å². The highest BCUT2D eigenvalue weighted by Crippen LogP contribution is 2.27. The molecule has 1 fully saturated rings. The van der Waals surface area contributed by atoms with Gasteiger partial charge in [-0.2, -0.15) is 0 Å². The number of ether oxygens (including phenoxy) is 1. The summed E-state index contributed by atoms with van der Waals surface area (Å²) in [7, 11) is 1.70. The van der Waals surface area contributed by atoms with Crippen LogP contribution in [0.25, 0.3) is 0 Å². The Morgan fingerprint density at radius 1 is 1.33 bits per heavy atom. The molecule has 0 aromatic heterocycles. The van der Waals surface area contributed by atoms with Gasteiger partial charge in [-0.3, -0.25) is 0 Å². The van der Waals surface area contributed by atoms with Crippen LogP contribution >= 0.6 is 11.6 Å². The average molecular weight is 269 g/mol. The highest BCUT2D eigenvalue weighted by Gasteiger charge is 2.19. The van der Waals surface area contributed by atoms with Crippen molar-refractivity contribution in [3.8, 4) is 5.75 Å². The number of rotatable bonds is 7. The Balaban J connectivity index is 1.82. The van der Waals surface area contributed by atoms with Gasteiger partial charge in [-0.1, -0.05) is 11.6 Å². The van der Waals surface area contributed by atoms with E-state index in [4.69, 9.17) is 16.3 Å². The number of hydrogen-bond donors (Lipinski definition) is 2. The maximum absolute atomic E-state index is 6.07. The predicted octanol–water partition coefficient (Wildman–Crippen LogP) is 2.50. The smallest absolute Gasteiger partial charge is 0.126 e. The molecule has 4 heteroatoms. The van der Waals surface area contributed by atoms with Crippen LogP contribution in [0.2, 0.25) is 5.02 Å². The Morgan fingerprint density at radius 3 is 2.78 bits per heavy atom. The van der Waals surface area contributed by atoms with Gasteiger partial charge in [0, 0.05) is 36.3 Å². The van der Waals surface area contributed by atoms with Gasteiger partial charge in [-0.15, -0.1) is 0 Å². The maximum atomic E-state index is 6.07. The van der Waals surface area contributed by atoms with Gasteiger partial charge in [0.25, 0.3) is 0 Å². The topological polar surface area (TPSA) is 33.3 Å². The van der Waals surface area contributed by atoms with Gasteiger partial charge in [0.1, 0.15) is 5.75 Å². The molecule has 100 valence electrons. The Morgan fingerprint density at radius 2 is 2.11 bits per heavy atom. The SMILES string of the molecule is COc1c(C)cc(Cl)cc1CNCCNC1CC1. The number of hydrogen-bond acceptors (Lipinski definition) is 3. The van der Waals surface area contributed by atoms with Gasteiger partial charge in [0.2, 0.25) is 0 Å². The van der Waals surface area contributed by atoms with Gasteiger partial charge < -0.3 is 15.4 Å². The minimum atomic E-state index is 0.765. The standard InChI is InChI=1S/C14H21ClN2O/c1-10-7-12(15)8-11(14(10)18-2)9-16-5-6-17-13-3-4-13/h7-8,13,16-17H,3-6,9H2,1-2H3. The Labute approximate surface area is 114 Å². The molecule has 0 saturated heterocycles. The molecule has 0 atom stereocenters. The summed E-state index contributed by atoms with van der Waals surface area (Å²) in [6.45, 7) is 4.79. The minimum absolute atomic E-state index is 0.765. The first kappa shape index (κ1) is 13.7. The number of methoxy groups -OCH3 is 1. The molecule has 1 aliphatic carbocycles. The molecule has 1 aromatic carbocycles. The summed E-state index contributed by atoms with van der Waals surface area (Å²) >= 11 is 6.07. The molecule has 0 unspecified atom stereocenters. The van der Waals surface area contributed by atoms with Crippen LogP contribution in [-0.2, 0) is 6.54 Å². The fourth-order valence-corrected chi connectivity index (χ4v) is 2.39. The first-order valence-electron chi connectivity index (χ1n) is 6.48. The lowest BCUT2D eigenvalue weighted by molar-refractivity contribution is 0.404. The van der Waals surface area contributed by atoms with E-state index in [2.05, 4.69) is 10.6 Å². The molecule has 0 heterocycles. The van der Waals surface area contributed by atoms with Crippen molar-refractivity contribution in [2.24, 2.45) is 0 Å². The zero-order valence-electron chi connectivity index (χ0n) is 11.1. The minimum Gasteiger partial charge on any atom is -0.496 e. The van der Waals surface area contributed by atoms with E-state index in [1.807, 2.05) is 19.1 Å². The fraction of sp³-hybridized carbons (Fsp3) is 0.571. The number of halogens is 1. The summed E-state index contributed by atoms with van der Waals surface area (Å²) in [6.07, 6.45) is 2.67. The lowest BCUT2D eigenvalue weighted by Gasteiger charge is -2.13. The van der Waals surface area contributed by atoms with E-state index in [-0.39, 0.29) is 0 Å². The van der Waals surface area contributed by atoms with Crippen molar-refractivity contribution in [2.45, 2.75) is 32.4 Å². The first-order chi connectivity index (χ1) is 8.70. The fourth-order valence-electron chi connectivity index (χ4n) is 2.10. The highest BCUT2D eigenvalue weighted by molar-refractivity contribution is 6.30. The van der Waals surface area contributed by atoms with Crippen molar-refractivity contribution < 1.29 is 4.74 Å². The van der Waals surface area contributed by atoms with Crippen LogP contribution < -0.4 is 15.4 Å². The summed E-state index contributed by atoms with van der Waals surface area (Å²) in [5.74, 6) is 0.932. The van der Waals surface area contributed by atoms with E-state index in [9.17, 15) is 0 Å². The van der Waals surface area contributed by atoms with Crippen LogP contribution in [0, 0.1) is 6.92 Å². The van der Waals surface area contributed by atoms with Crippen LogP contribution in [0.15, 0.2) is 12.1 Å². The van der Waals surface area contributed by atoms with E-state index >= 15 is 0 Å². The molecular weight excluding hydrogens is 248 g/mol. The third kappa shape index (κ3) is 3.87. The lowest BCUT2D eigenvalue weighted by Crippen LogP contribution is -2.28. The summed E-state index contributed by atoms with van der Waals surface area (Å²) in [5, 5.41) is 7.65. The van der Waals surface area contributed by atoms with E-state index in [1.165, 1.54) is 12.8 Å². The molecule has 0 amide bonds. The van der Waals surface area contributed by atoms with Crippen molar-refractivity contribution >= 4 is 11.6 Å². The number of benzene rings is 1. The summed E-state index contributed by atoms with van der Waals surface area (Å²) in [4.78, 5) is 0. The van der Waals surface area contributed by atoms with Gasteiger partial charge in [0.15, 0.2) is 0 Å². The van der Waals surface area contributed by atoms with Crippen LogP contribution in [0.1, 0.15) is 24.0 Å². The largest absolute Gasteiger partial charge is 0.496 e. The van der Waals surface area contributed by atoms with Gasteiger partial charge in [0.05, 0.1) is 7.11 Å². The van der Waals surface area contributed by atoms with Crippen molar-refractivity contribution in [3.05, 3.63) is 28.3 Å². The molecule has 2 N–H and O–H groups in total. The monoisotopic (exact) mass is 268 g/mol. The normalized spacial score (nSPS) is 14.8. The molecule has 1 aliphatic rings.